The second kappa shape index (κ2) is 9.20. The maximum atomic E-state index is 12.2. The molecule has 0 saturated heterocycles. The van der Waals surface area contributed by atoms with Gasteiger partial charge >= 0.3 is 5.97 Å². The Balaban J connectivity index is 1.86. The Bertz CT molecular complexity index is 819. The number of nitrogens with one attached hydrogen (secondary N) is 1. The minimum Gasteiger partial charge on any atom is -0.452 e. The van der Waals surface area contributed by atoms with Crippen LogP contribution < -0.4 is 5.32 Å². The quantitative estimate of drug-likeness (QED) is 0.454. The fourth-order valence-corrected chi connectivity index (χ4v) is 3.01. The van der Waals surface area contributed by atoms with Gasteiger partial charge in [-0.05, 0) is 44.5 Å². The van der Waals surface area contributed by atoms with E-state index in [4.69, 9.17) is 4.74 Å². The lowest BCUT2D eigenvalue weighted by atomic mass is 10.1. The minimum atomic E-state index is -0.930. The number of hydrogen-bond acceptors (Lipinski definition) is 5. The maximum absolute atomic E-state index is 12.2. The van der Waals surface area contributed by atoms with E-state index in [1.807, 2.05) is 31.2 Å². The van der Waals surface area contributed by atoms with Crippen LogP contribution in [0.4, 0.5) is 5.69 Å². The number of anilines is 1. The number of amides is 1. The predicted octanol–water partition coefficient (Wildman–Crippen LogP) is 3.86. The molecule has 0 heterocycles. The number of Topliss-reactive ketones (excluding diaryl/α,β-unsaturated/α-hetero) is 1. The smallest absolute Gasteiger partial charge is 0.317 e. The van der Waals surface area contributed by atoms with E-state index < -0.39 is 18.0 Å². The molecule has 0 unspecified atom stereocenters. The molecular weight excluding hydrogens is 350 g/mol. The zero-order valence-electron chi connectivity index (χ0n) is 14.9. The number of esters is 1. The van der Waals surface area contributed by atoms with Gasteiger partial charge in [0.15, 0.2) is 11.9 Å². The van der Waals surface area contributed by atoms with Gasteiger partial charge in [-0.25, -0.2) is 0 Å². The zero-order valence-corrected chi connectivity index (χ0v) is 15.8. The number of carbonyl (C=O) groups is 3. The van der Waals surface area contributed by atoms with E-state index >= 15 is 0 Å². The summed E-state index contributed by atoms with van der Waals surface area (Å²) in [4.78, 5) is 36.5. The van der Waals surface area contributed by atoms with Crippen molar-refractivity contribution in [1.82, 2.24) is 0 Å². The molecule has 0 spiro atoms. The summed E-state index contributed by atoms with van der Waals surface area (Å²) in [6.45, 7) is 4.94. The lowest BCUT2D eigenvalue weighted by Gasteiger charge is -2.14. The molecule has 0 aliphatic heterocycles. The first kappa shape index (κ1) is 19.7. The van der Waals surface area contributed by atoms with Gasteiger partial charge in [-0.1, -0.05) is 30.3 Å². The number of benzene rings is 2. The molecule has 0 radical (unpaired) electrons. The van der Waals surface area contributed by atoms with Gasteiger partial charge in [0, 0.05) is 16.1 Å². The van der Waals surface area contributed by atoms with Gasteiger partial charge in [0.1, 0.15) is 0 Å². The fourth-order valence-electron chi connectivity index (χ4n) is 2.20. The summed E-state index contributed by atoms with van der Waals surface area (Å²) in [5.41, 5.74) is 2.07. The normalized spacial score (nSPS) is 11.5. The molecular formula is C20H21NO4S. The van der Waals surface area contributed by atoms with E-state index in [0.29, 0.717) is 11.3 Å². The molecule has 1 N–H and O–H groups in total. The first-order chi connectivity index (χ1) is 12.4. The number of hydrogen-bond donors (Lipinski definition) is 1. The lowest BCUT2D eigenvalue weighted by molar-refractivity contribution is -0.150. The van der Waals surface area contributed by atoms with E-state index in [1.54, 1.807) is 24.3 Å². The second-order valence-corrected chi connectivity index (χ2v) is 6.83. The average Bonchev–Trinajstić information content (AvgIpc) is 2.61. The maximum Gasteiger partial charge on any atom is 0.317 e. The third-order valence-electron chi connectivity index (χ3n) is 3.65. The molecule has 2 aromatic rings. The van der Waals surface area contributed by atoms with Gasteiger partial charge in [0.2, 0.25) is 0 Å². The number of aryl methyl sites for hydroxylation is 1. The number of thioether (sulfide) groups is 1. The van der Waals surface area contributed by atoms with Crippen molar-refractivity contribution >= 4 is 35.1 Å². The molecule has 0 aliphatic rings. The molecule has 6 heteroatoms. The number of ketones is 1. The summed E-state index contributed by atoms with van der Waals surface area (Å²) >= 11 is 1.37. The Hall–Kier alpha value is -2.60. The highest BCUT2D eigenvalue weighted by Gasteiger charge is 2.18. The standard InChI is InChI=1S/C20H21NO4S/c1-13-7-4-5-10-18(13)26-12-19(23)25-15(3)20(24)21-17-9-6-8-16(11-17)14(2)22/h4-11,15H,12H2,1-3H3,(H,21,24)/t15-/m1/s1. The first-order valence-corrected chi connectivity index (χ1v) is 9.15. The Labute approximate surface area is 157 Å². The average molecular weight is 371 g/mol. The van der Waals surface area contributed by atoms with Crippen LogP contribution in [0.3, 0.4) is 0 Å². The largest absolute Gasteiger partial charge is 0.452 e. The van der Waals surface area contributed by atoms with E-state index in [9.17, 15) is 14.4 Å². The molecule has 2 rings (SSSR count). The Kier molecular flexibility index (Phi) is 6.97. The molecule has 0 bridgehead atoms. The van der Waals surface area contributed by atoms with Crippen LogP contribution in [-0.2, 0) is 14.3 Å². The van der Waals surface area contributed by atoms with Crippen molar-refractivity contribution < 1.29 is 19.1 Å². The Morgan fingerprint density at radius 1 is 1.12 bits per heavy atom. The Morgan fingerprint density at radius 3 is 2.54 bits per heavy atom. The summed E-state index contributed by atoms with van der Waals surface area (Å²) in [5.74, 6) is -0.866. The van der Waals surface area contributed by atoms with Gasteiger partial charge in [-0.15, -0.1) is 11.8 Å². The molecule has 1 amide bonds. The van der Waals surface area contributed by atoms with Crippen molar-refractivity contribution in [2.45, 2.75) is 31.8 Å². The van der Waals surface area contributed by atoms with Crippen LogP contribution in [0.1, 0.15) is 29.8 Å². The lowest BCUT2D eigenvalue weighted by Crippen LogP contribution is -2.30. The van der Waals surface area contributed by atoms with Crippen LogP contribution in [0.5, 0.6) is 0 Å². The molecule has 5 nitrogen and oxygen atoms in total. The summed E-state index contributed by atoms with van der Waals surface area (Å²) in [5, 5.41) is 2.65. The van der Waals surface area contributed by atoms with Crippen molar-refractivity contribution in [2.75, 3.05) is 11.1 Å². The molecule has 0 saturated carbocycles. The highest BCUT2D eigenvalue weighted by molar-refractivity contribution is 8.00. The minimum absolute atomic E-state index is 0.0891. The molecule has 2 aromatic carbocycles. The number of carbonyl (C=O) groups excluding carboxylic acids is 3. The van der Waals surface area contributed by atoms with Crippen molar-refractivity contribution in [3.05, 3.63) is 59.7 Å². The topological polar surface area (TPSA) is 72.5 Å². The molecule has 1 atom stereocenters. The number of rotatable bonds is 7. The van der Waals surface area contributed by atoms with Crippen LogP contribution in [0, 0.1) is 6.92 Å². The van der Waals surface area contributed by atoms with Crippen molar-refractivity contribution in [1.29, 1.82) is 0 Å². The summed E-state index contributed by atoms with van der Waals surface area (Å²) in [7, 11) is 0. The van der Waals surface area contributed by atoms with Crippen LogP contribution in [0.2, 0.25) is 0 Å². The van der Waals surface area contributed by atoms with Crippen molar-refractivity contribution in [2.24, 2.45) is 0 Å². The summed E-state index contributed by atoms with van der Waals surface area (Å²) in [6, 6.07) is 14.4. The summed E-state index contributed by atoms with van der Waals surface area (Å²) in [6.07, 6.45) is -0.930. The van der Waals surface area contributed by atoms with E-state index in [0.717, 1.165) is 10.5 Å². The monoisotopic (exact) mass is 371 g/mol. The van der Waals surface area contributed by atoms with E-state index in [2.05, 4.69) is 5.32 Å². The third kappa shape index (κ3) is 5.74. The van der Waals surface area contributed by atoms with Crippen LogP contribution >= 0.6 is 11.8 Å². The Morgan fingerprint density at radius 2 is 1.85 bits per heavy atom. The fraction of sp³-hybridized carbons (Fsp3) is 0.250. The highest BCUT2D eigenvalue weighted by atomic mass is 32.2. The first-order valence-electron chi connectivity index (χ1n) is 8.16. The molecule has 0 fully saturated rings. The predicted molar refractivity (Wildman–Crippen MR) is 103 cm³/mol. The van der Waals surface area contributed by atoms with Crippen LogP contribution in [0.25, 0.3) is 0 Å². The van der Waals surface area contributed by atoms with Crippen molar-refractivity contribution in [3.8, 4) is 0 Å². The highest BCUT2D eigenvalue weighted by Crippen LogP contribution is 2.22. The molecule has 0 aliphatic carbocycles. The van der Waals surface area contributed by atoms with Gasteiger partial charge in [0.05, 0.1) is 5.75 Å². The number of ether oxygens (including phenoxy) is 1. The third-order valence-corrected chi connectivity index (χ3v) is 4.80. The van der Waals surface area contributed by atoms with Crippen LogP contribution in [-0.4, -0.2) is 29.5 Å². The zero-order chi connectivity index (χ0) is 19.1. The molecule has 0 aromatic heterocycles. The van der Waals surface area contributed by atoms with E-state index in [-0.39, 0.29) is 11.5 Å². The molecule has 136 valence electrons. The second-order valence-electron chi connectivity index (χ2n) is 5.81. The van der Waals surface area contributed by atoms with Gasteiger partial charge in [-0.2, -0.15) is 0 Å². The van der Waals surface area contributed by atoms with E-state index in [1.165, 1.54) is 25.6 Å². The summed E-state index contributed by atoms with van der Waals surface area (Å²) < 4.78 is 5.18. The van der Waals surface area contributed by atoms with Gasteiger partial charge in [0.25, 0.3) is 5.91 Å². The van der Waals surface area contributed by atoms with Gasteiger partial charge < -0.3 is 10.1 Å². The molecule has 26 heavy (non-hydrogen) atoms. The SMILES string of the molecule is CC(=O)c1cccc(NC(=O)[C@@H](C)OC(=O)CSc2ccccc2C)c1. The van der Waals surface area contributed by atoms with Gasteiger partial charge in [-0.3, -0.25) is 14.4 Å². The van der Waals surface area contributed by atoms with Crippen molar-refractivity contribution in [3.63, 3.8) is 0 Å². The van der Waals surface area contributed by atoms with Crippen LogP contribution in [0.15, 0.2) is 53.4 Å².